The average molecular weight is 413 g/mol. The number of carbonyl (C=O) groups is 1. The highest BCUT2D eigenvalue weighted by molar-refractivity contribution is 8.15. The van der Waals surface area contributed by atoms with Crippen LogP contribution < -0.4 is 5.32 Å². The molecule has 3 nitrogen and oxygen atoms in total. The smallest absolute Gasteiger partial charge is 0.185 e. The van der Waals surface area contributed by atoms with Crippen molar-refractivity contribution in [1.29, 1.82) is 0 Å². The van der Waals surface area contributed by atoms with E-state index in [2.05, 4.69) is 41.5 Å². The molecule has 0 fully saturated rings. The molecule has 3 aromatic rings. The second kappa shape index (κ2) is 9.59. The lowest BCUT2D eigenvalue weighted by molar-refractivity contribution is 0.104. The fraction of sp³-hybridized carbons (Fsp3) is 0.154. The van der Waals surface area contributed by atoms with Crippen LogP contribution in [0.15, 0.2) is 89.9 Å². The van der Waals surface area contributed by atoms with Gasteiger partial charge in [0.25, 0.3) is 0 Å². The van der Waals surface area contributed by atoms with Crippen LogP contribution in [0.3, 0.4) is 0 Å². The minimum absolute atomic E-state index is 0.00712. The Morgan fingerprint density at radius 3 is 2.37 bits per heavy atom. The van der Waals surface area contributed by atoms with Gasteiger partial charge in [-0.25, -0.2) is 0 Å². The maximum absolute atomic E-state index is 12.5. The highest BCUT2D eigenvalue weighted by Crippen LogP contribution is 2.25. The molecule has 3 aromatic carbocycles. The van der Waals surface area contributed by atoms with Crippen molar-refractivity contribution in [3.8, 4) is 11.1 Å². The van der Waals surface area contributed by atoms with Crippen molar-refractivity contribution in [3.63, 3.8) is 0 Å². The molecule has 0 aliphatic carbocycles. The van der Waals surface area contributed by atoms with Gasteiger partial charge in [0.15, 0.2) is 11.0 Å². The van der Waals surface area contributed by atoms with Gasteiger partial charge in [-0.1, -0.05) is 79.4 Å². The minimum atomic E-state index is -0.00712. The van der Waals surface area contributed by atoms with Crippen LogP contribution in [0.5, 0.6) is 0 Å². The average Bonchev–Trinajstić information content (AvgIpc) is 3.26. The molecule has 0 radical (unpaired) electrons. The Kier molecular flexibility index (Phi) is 6.45. The Balaban J connectivity index is 1.36. The molecule has 30 heavy (non-hydrogen) atoms. The predicted octanol–water partition coefficient (Wildman–Crippen LogP) is 6.54. The number of aliphatic imine (C=N–C) groups is 1. The van der Waals surface area contributed by atoms with Crippen LogP contribution in [0.25, 0.3) is 17.2 Å². The highest BCUT2D eigenvalue weighted by Gasteiger charge is 2.17. The minimum Gasteiger partial charge on any atom is -0.335 e. The fourth-order valence-corrected chi connectivity index (χ4v) is 4.18. The molecule has 1 aliphatic rings. The van der Waals surface area contributed by atoms with Gasteiger partial charge in [0.1, 0.15) is 0 Å². The summed E-state index contributed by atoms with van der Waals surface area (Å²) in [6, 6.07) is 26.0. The fourth-order valence-electron chi connectivity index (χ4n) is 3.23. The summed E-state index contributed by atoms with van der Waals surface area (Å²) in [4.78, 5) is 17.0. The third-order valence-corrected chi connectivity index (χ3v) is 6.31. The zero-order valence-electron chi connectivity index (χ0n) is 16.9. The van der Waals surface area contributed by atoms with Crippen molar-refractivity contribution >= 4 is 34.5 Å². The molecule has 4 heteroatoms. The van der Waals surface area contributed by atoms with Gasteiger partial charge in [-0.2, -0.15) is 0 Å². The summed E-state index contributed by atoms with van der Waals surface area (Å²) in [5, 5.41) is 4.86. The zero-order chi connectivity index (χ0) is 20.8. The van der Waals surface area contributed by atoms with Gasteiger partial charge in [-0.3, -0.25) is 9.79 Å². The van der Waals surface area contributed by atoms with Crippen LogP contribution in [-0.2, 0) is 0 Å². The van der Waals surface area contributed by atoms with E-state index in [4.69, 9.17) is 0 Å². The molecule has 4 rings (SSSR count). The van der Waals surface area contributed by atoms with Gasteiger partial charge in [0.2, 0.25) is 0 Å². The van der Waals surface area contributed by atoms with E-state index in [9.17, 15) is 4.79 Å². The molecule has 0 saturated carbocycles. The van der Waals surface area contributed by atoms with Crippen molar-refractivity contribution in [2.45, 2.75) is 18.6 Å². The summed E-state index contributed by atoms with van der Waals surface area (Å²) >= 11 is 1.78. The number of amidine groups is 1. The van der Waals surface area contributed by atoms with Crippen molar-refractivity contribution < 1.29 is 4.79 Å². The van der Waals surface area contributed by atoms with Gasteiger partial charge >= 0.3 is 0 Å². The molecule has 0 aromatic heterocycles. The van der Waals surface area contributed by atoms with E-state index in [0.29, 0.717) is 10.8 Å². The number of hydrogen-bond acceptors (Lipinski definition) is 4. The van der Waals surface area contributed by atoms with Crippen LogP contribution in [-0.4, -0.2) is 22.7 Å². The lowest BCUT2D eigenvalue weighted by Gasteiger charge is -2.07. The van der Waals surface area contributed by atoms with Gasteiger partial charge in [-0.15, -0.1) is 0 Å². The summed E-state index contributed by atoms with van der Waals surface area (Å²) < 4.78 is 0. The number of anilines is 1. The first-order valence-electron chi connectivity index (χ1n) is 10.2. The van der Waals surface area contributed by atoms with Crippen LogP contribution in [0.2, 0.25) is 0 Å². The molecule has 0 bridgehead atoms. The maximum atomic E-state index is 12.5. The Morgan fingerprint density at radius 1 is 1.00 bits per heavy atom. The number of nitrogens with one attached hydrogen (secondary N) is 1. The molecular weight excluding hydrogens is 388 g/mol. The number of benzene rings is 3. The standard InChI is InChI=1S/C26H24N2OS/c1-2-24-18-27-26(30-24)28-23-15-13-22(14-16-23)25(29)17-10-19-8-11-21(12-9-19)20-6-4-3-5-7-20/h3-17,24H,2,18H2,1H3,(H,27,28)/b17-10+. The monoisotopic (exact) mass is 412 g/mol. The number of allylic oxidation sites excluding steroid dienone is 1. The lowest BCUT2D eigenvalue weighted by Crippen LogP contribution is -2.07. The molecule has 0 amide bonds. The lowest BCUT2D eigenvalue weighted by atomic mass is 10.0. The number of ketones is 1. The molecule has 0 spiro atoms. The van der Waals surface area contributed by atoms with Crippen LogP contribution in [0, 0.1) is 0 Å². The Bertz CT molecular complexity index is 1050. The third kappa shape index (κ3) is 5.08. The molecule has 1 N–H and O–H groups in total. The highest BCUT2D eigenvalue weighted by atomic mass is 32.2. The van der Waals surface area contributed by atoms with Gasteiger partial charge in [0.05, 0.1) is 6.54 Å². The van der Waals surface area contributed by atoms with Gasteiger partial charge in [0, 0.05) is 16.5 Å². The first kappa shape index (κ1) is 20.2. The molecule has 1 heterocycles. The number of rotatable bonds is 6. The topological polar surface area (TPSA) is 41.5 Å². The summed E-state index contributed by atoms with van der Waals surface area (Å²) in [6.45, 7) is 3.05. The second-order valence-corrected chi connectivity index (χ2v) is 8.47. The summed E-state index contributed by atoms with van der Waals surface area (Å²) in [6.07, 6.45) is 4.61. The quantitative estimate of drug-likeness (QED) is 0.369. The molecule has 150 valence electrons. The molecule has 1 atom stereocenters. The Labute approximate surface area is 181 Å². The second-order valence-electron chi connectivity index (χ2n) is 7.18. The largest absolute Gasteiger partial charge is 0.335 e. The van der Waals surface area contributed by atoms with E-state index in [1.807, 2.05) is 60.7 Å². The third-order valence-electron chi connectivity index (χ3n) is 5.04. The van der Waals surface area contributed by atoms with E-state index >= 15 is 0 Å². The van der Waals surface area contributed by atoms with Crippen LogP contribution in [0.1, 0.15) is 29.3 Å². The SMILES string of the molecule is CCC1CN=C(Nc2ccc(C(=O)/C=C/c3ccc(-c4ccccc4)cc3)cc2)S1. The van der Waals surface area contributed by atoms with Crippen molar-refractivity contribution in [3.05, 3.63) is 96.1 Å². The predicted molar refractivity (Wildman–Crippen MR) is 129 cm³/mol. The van der Waals surface area contributed by atoms with Crippen molar-refractivity contribution in [2.24, 2.45) is 4.99 Å². The normalized spacial score (nSPS) is 15.9. The van der Waals surface area contributed by atoms with E-state index < -0.39 is 0 Å². The van der Waals surface area contributed by atoms with E-state index in [0.717, 1.165) is 34.9 Å². The first-order valence-corrected chi connectivity index (χ1v) is 11.1. The Hall–Kier alpha value is -3.11. The summed E-state index contributed by atoms with van der Waals surface area (Å²) in [5.74, 6) is -0.00712. The number of nitrogens with zero attached hydrogens (tertiary/aromatic N) is 1. The Morgan fingerprint density at radius 2 is 1.70 bits per heavy atom. The summed E-state index contributed by atoms with van der Waals surface area (Å²) in [5.41, 5.74) is 4.98. The van der Waals surface area contributed by atoms with Gasteiger partial charge in [-0.05, 0) is 53.5 Å². The molecule has 0 saturated heterocycles. The molecule has 1 aliphatic heterocycles. The molecule has 1 unspecified atom stereocenters. The first-order chi connectivity index (χ1) is 14.7. The van der Waals surface area contributed by atoms with E-state index in [1.165, 1.54) is 5.56 Å². The zero-order valence-corrected chi connectivity index (χ0v) is 17.7. The number of thioether (sulfide) groups is 1. The maximum Gasteiger partial charge on any atom is 0.185 e. The van der Waals surface area contributed by atoms with Crippen LogP contribution in [0.4, 0.5) is 5.69 Å². The summed E-state index contributed by atoms with van der Waals surface area (Å²) in [7, 11) is 0. The van der Waals surface area contributed by atoms with Crippen molar-refractivity contribution in [1.82, 2.24) is 0 Å². The molecular formula is C26H24N2OS. The number of carbonyl (C=O) groups excluding carboxylic acids is 1. The van der Waals surface area contributed by atoms with Crippen LogP contribution >= 0.6 is 11.8 Å². The number of hydrogen-bond donors (Lipinski definition) is 1. The van der Waals surface area contributed by atoms with E-state index in [1.54, 1.807) is 17.8 Å². The van der Waals surface area contributed by atoms with Gasteiger partial charge < -0.3 is 5.32 Å². The van der Waals surface area contributed by atoms with E-state index in [-0.39, 0.29) is 5.78 Å². The van der Waals surface area contributed by atoms with Crippen molar-refractivity contribution in [2.75, 3.05) is 11.9 Å².